The molecule has 1 aromatic heterocycles. The fourth-order valence-electron chi connectivity index (χ4n) is 2.70. The molecule has 2 aromatic rings. The summed E-state index contributed by atoms with van der Waals surface area (Å²) in [5, 5.41) is 10.8. The van der Waals surface area contributed by atoms with Crippen LogP contribution in [0.15, 0.2) is 24.3 Å². The highest BCUT2D eigenvalue weighted by atomic mass is 35.5. The summed E-state index contributed by atoms with van der Waals surface area (Å²) in [6.07, 6.45) is 4.93. The van der Waals surface area contributed by atoms with Crippen molar-refractivity contribution in [1.82, 2.24) is 0 Å². The summed E-state index contributed by atoms with van der Waals surface area (Å²) in [5.41, 5.74) is 1.63. The molecule has 4 heteroatoms. The highest BCUT2D eigenvalue weighted by molar-refractivity contribution is 7.12. The van der Waals surface area contributed by atoms with Crippen LogP contribution in [0.3, 0.4) is 0 Å². The van der Waals surface area contributed by atoms with E-state index >= 15 is 0 Å². The van der Waals surface area contributed by atoms with Gasteiger partial charge < -0.3 is 5.11 Å². The van der Waals surface area contributed by atoms with Crippen molar-refractivity contribution in [3.05, 3.63) is 56.0 Å². The van der Waals surface area contributed by atoms with Crippen LogP contribution in [0.1, 0.15) is 46.2 Å². The third kappa shape index (κ3) is 2.76. The normalized spacial score (nSPS) is 16.6. The summed E-state index contributed by atoms with van der Waals surface area (Å²) in [6.45, 7) is 0. The van der Waals surface area contributed by atoms with Gasteiger partial charge in [0.1, 0.15) is 11.9 Å². The topological polar surface area (TPSA) is 20.2 Å². The number of hydrogen-bond acceptors (Lipinski definition) is 2. The average molecular weight is 311 g/mol. The number of aliphatic hydroxyl groups excluding tert-OH is 1. The van der Waals surface area contributed by atoms with Crippen LogP contribution in [0.25, 0.3) is 0 Å². The third-order valence-corrected chi connectivity index (χ3v) is 5.32. The van der Waals surface area contributed by atoms with E-state index in [2.05, 4.69) is 0 Å². The summed E-state index contributed by atoms with van der Waals surface area (Å²) in [5.74, 6) is -0.450. The Bertz CT molecular complexity index is 599. The number of halogens is 2. The van der Waals surface area contributed by atoms with Crippen molar-refractivity contribution in [3.8, 4) is 0 Å². The molecule has 0 saturated heterocycles. The first-order chi connectivity index (χ1) is 9.65. The van der Waals surface area contributed by atoms with E-state index in [0.29, 0.717) is 10.6 Å². The Hall–Kier alpha value is -0.900. The first-order valence-electron chi connectivity index (χ1n) is 6.89. The number of aryl methyl sites for hydroxylation is 2. The van der Waals surface area contributed by atoms with Gasteiger partial charge in [0, 0.05) is 20.3 Å². The zero-order valence-corrected chi connectivity index (χ0v) is 12.6. The van der Waals surface area contributed by atoms with E-state index in [0.717, 1.165) is 17.7 Å². The van der Waals surface area contributed by atoms with Gasteiger partial charge in [-0.3, -0.25) is 0 Å². The van der Waals surface area contributed by atoms with E-state index in [1.54, 1.807) is 23.5 Å². The van der Waals surface area contributed by atoms with Crippen LogP contribution in [0.2, 0.25) is 5.02 Å². The van der Waals surface area contributed by atoms with E-state index in [-0.39, 0.29) is 0 Å². The maximum atomic E-state index is 13.9. The van der Waals surface area contributed by atoms with E-state index in [9.17, 15) is 9.50 Å². The molecule has 3 rings (SSSR count). The van der Waals surface area contributed by atoms with Gasteiger partial charge in [0.15, 0.2) is 0 Å². The molecule has 0 radical (unpaired) electrons. The van der Waals surface area contributed by atoms with Gasteiger partial charge in [-0.1, -0.05) is 24.1 Å². The zero-order chi connectivity index (χ0) is 14.1. The summed E-state index contributed by atoms with van der Waals surface area (Å²) >= 11 is 7.36. The molecule has 0 amide bonds. The van der Waals surface area contributed by atoms with Gasteiger partial charge in [-0.05, 0) is 49.4 Å². The molecule has 1 aliphatic carbocycles. The maximum absolute atomic E-state index is 13.9. The standard InChI is InChI=1S/C16H16ClFOS/c17-11-6-7-12(13(18)9-11)16(19)15-8-10-4-2-1-3-5-14(10)20-15/h6-9,16,19H,1-5H2. The quantitative estimate of drug-likeness (QED) is 0.783. The number of benzene rings is 1. The molecule has 1 atom stereocenters. The monoisotopic (exact) mass is 310 g/mol. The smallest absolute Gasteiger partial charge is 0.130 e. The number of fused-ring (bicyclic) bond motifs is 1. The molecule has 106 valence electrons. The largest absolute Gasteiger partial charge is 0.383 e. The van der Waals surface area contributed by atoms with Crippen molar-refractivity contribution in [1.29, 1.82) is 0 Å². The molecule has 0 bridgehead atoms. The summed E-state index contributed by atoms with van der Waals surface area (Å²) in [6, 6.07) is 6.47. The first kappa shape index (κ1) is 14.1. The second-order valence-electron chi connectivity index (χ2n) is 5.23. The van der Waals surface area contributed by atoms with Crippen LogP contribution in [-0.2, 0) is 12.8 Å². The summed E-state index contributed by atoms with van der Waals surface area (Å²) in [4.78, 5) is 2.18. The number of aliphatic hydroxyl groups is 1. The van der Waals surface area contributed by atoms with Crippen molar-refractivity contribution in [2.24, 2.45) is 0 Å². The number of rotatable bonds is 2. The molecular formula is C16H16ClFOS. The molecule has 0 aliphatic heterocycles. The molecular weight excluding hydrogens is 295 g/mol. The van der Waals surface area contributed by atoms with Gasteiger partial charge >= 0.3 is 0 Å². The highest BCUT2D eigenvalue weighted by Gasteiger charge is 2.20. The minimum atomic E-state index is -0.899. The SMILES string of the molecule is OC(c1cc2c(s1)CCCCC2)c1ccc(Cl)cc1F. The Morgan fingerprint density at radius 1 is 1.15 bits per heavy atom. The number of thiophene rings is 1. The molecule has 1 aliphatic rings. The van der Waals surface area contributed by atoms with Crippen molar-refractivity contribution < 1.29 is 9.50 Å². The van der Waals surface area contributed by atoms with Crippen molar-refractivity contribution in [2.45, 2.75) is 38.2 Å². The fraction of sp³-hybridized carbons (Fsp3) is 0.375. The van der Waals surface area contributed by atoms with Crippen LogP contribution >= 0.6 is 22.9 Å². The minimum Gasteiger partial charge on any atom is -0.383 e. The van der Waals surface area contributed by atoms with Crippen molar-refractivity contribution in [3.63, 3.8) is 0 Å². The van der Waals surface area contributed by atoms with Gasteiger partial charge in [-0.15, -0.1) is 11.3 Å². The Balaban J connectivity index is 1.92. The second kappa shape index (κ2) is 5.84. The summed E-state index contributed by atoms with van der Waals surface area (Å²) in [7, 11) is 0. The van der Waals surface area contributed by atoms with Gasteiger partial charge in [0.05, 0.1) is 0 Å². The maximum Gasteiger partial charge on any atom is 0.130 e. The first-order valence-corrected chi connectivity index (χ1v) is 8.09. The Morgan fingerprint density at radius 3 is 2.75 bits per heavy atom. The molecule has 1 N–H and O–H groups in total. The van der Waals surface area contributed by atoms with E-state index in [1.165, 1.54) is 35.8 Å². The third-order valence-electron chi connectivity index (χ3n) is 3.79. The molecule has 0 spiro atoms. The van der Waals surface area contributed by atoms with Gasteiger partial charge in [-0.25, -0.2) is 4.39 Å². The lowest BCUT2D eigenvalue weighted by atomic mass is 10.1. The molecule has 1 aromatic carbocycles. The average Bonchev–Trinajstić information content (AvgIpc) is 2.69. The van der Waals surface area contributed by atoms with Crippen LogP contribution < -0.4 is 0 Å². The Labute approximate surface area is 127 Å². The molecule has 1 unspecified atom stereocenters. The number of hydrogen-bond donors (Lipinski definition) is 1. The van der Waals surface area contributed by atoms with Crippen LogP contribution in [0, 0.1) is 5.82 Å². The Kier molecular flexibility index (Phi) is 4.11. The Morgan fingerprint density at radius 2 is 1.95 bits per heavy atom. The lowest BCUT2D eigenvalue weighted by molar-refractivity contribution is 0.218. The molecule has 1 heterocycles. The zero-order valence-electron chi connectivity index (χ0n) is 11.0. The fourth-order valence-corrected chi connectivity index (χ4v) is 4.12. The lowest BCUT2D eigenvalue weighted by Crippen LogP contribution is -2.00. The molecule has 1 nitrogen and oxygen atoms in total. The van der Waals surface area contributed by atoms with E-state index < -0.39 is 11.9 Å². The predicted molar refractivity (Wildman–Crippen MR) is 81.0 cm³/mol. The molecule has 0 fully saturated rings. The predicted octanol–water partition coefficient (Wildman–Crippen LogP) is 4.89. The van der Waals surface area contributed by atoms with Gasteiger partial charge in [0.25, 0.3) is 0 Å². The van der Waals surface area contributed by atoms with Crippen LogP contribution in [-0.4, -0.2) is 5.11 Å². The summed E-state index contributed by atoms with van der Waals surface area (Å²) < 4.78 is 13.9. The van der Waals surface area contributed by atoms with Crippen molar-refractivity contribution in [2.75, 3.05) is 0 Å². The lowest BCUT2D eigenvalue weighted by Gasteiger charge is -2.10. The molecule has 20 heavy (non-hydrogen) atoms. The van der Waals surface area contributed by atoms with Gasteiger partial charge in [0.2, 0.25) is 0 Å². The van der Waals surface area contributed by atoms with E-state index in [1.807, 2.05) is 6.07 Å². The van der Waals surface area contributed by atoms with Crippen LogP contribution in [0.4, 0.5) is 4.39 Å². The van der Waals surface area contributed by atoms with E-state index in [4.69, 9.17) is 11.6 Å². The van der Waals surface area contributed by atoms with Crippen LogP contribution in [0.5, 0.6) is 0 Å². The highest BCUT2D eigenvalue weighted by Crippen LogP contribution is 2.35. The minimum absolute atomic E-state index is 0.297. The van der Waals surface area contributed by atoms with Crippen molar-refractivity contribution >= 4 is 22.9 Å². The van der Waals surface area contributed by atoms with Gasteiger partial charge in [-0.2, -0.15) is 0 Å². The molecule has 0 saturated carbocycles. The second-order valence-corrected chi connectivity index (χ2v) is 6.83.